The van der Waals surface area contributed by atoms with Gasteiger partial charge in [-0.05, 0) is 11.1 Å². The lowest BCUT2D eigenvalue weighted by Gasteiger charge is -2.01. The number of hydrogen-bond acceptors (Lipinski definition) is 1. The Morgan fingerprint density at radius 3 is 2.73 bits per heavy atom. The fourth-order valence-electron chi connectivity index (χ4n) is 1.53. The molecule has 1 saturated carbocycles. The predicted molar refractivity (Wildman–Crippen MR) is 50.1 cm³/mol. The summed E-state index contributed by atoms with van der Waals surface area (Å²) in [7, 11) is 0. The van der Waals surface area contributed by atoms with E-state index in [1.54, 1.807) is 0 Å². The summed E-state index contributed by atoms with van der Waals surface area (Å²) >= 11 is 0. The first-order chi connectivity index (χ1) is 7.40. The van der Waals surface area contributed by atoms with Crippen molar-refractivity contribution in [2.24, 2.45) is 0 Å². The number of carboxylic acids is 1. The fraction of sp³-hybridized carbons (Fsp3) is 0.364. The van der Waals surface area contributed by atoms with Gasteiger partial charge in [0.15, 0.2) is 0 Å². The average molecular weight is 213 g/mol. The molecule has 0 bridgehead atoms. The van der Waals surface area contributed by atoms with Gasteiger partial charge < -0.3 is 5.11 Å². The number of hydrogen-bond donors (Lipinski definition) is 1. The molecule has 2 nitrogen and oxygen atoms in total. The second-order valence-electron chi connectivity index (χ2n) is 3.74. The highest BCUT2D eigenvalue weighted by Gasteiger charge is 2.57. The zero-order chi connectivity index (χ0) is 11.9. The summed E-state index contributed by atoms with van der Waals surface area (Å²) in [5.41, 5.74) is 0.768. The topological polar surface area (TPSA) is 37.3 Å². The molecule has 1 aliphatic rings. The lowest BCUT2D eigenvalue weighted by Crippen LogP contribution is -2.00. The molecule has 0 aliphatic heterocycles. The van der Waals surface area contributed by atoms with Crippen molar-refractivity contribution in [3.63, 3.8) is 0 Å². The van der Waals surface area contributed by atoms with Gasteiger partial charge in [0.25, 0.3) is 5.92 Å². The molecule has 0 radical (unpaired) electrons. The minimum atomic E-state index is -2.65. The predicted octanol–water partition coefficient (Wildman–Crippen LogP) is 2.44. The van der Waals surface area contributed by atoms with E-state index in [1.165, 1.54) is 18.2 Å². The van der Waals surface area contributed by atoms with Crippen LogP contribution >= 0.6 is 0 Å². The average Bonchev–Trinajstić information content (AvgIpc) is 2.78. The molecule has 80 valence electrons. The quantitative estimate of drug-likeness (QED) is 0.837. The minimum absolute atomic E-state index is 0.0163. The Bertz CT molecular complexity index is 446. The van der Waals surface area contributed by atoms with E-state index >= 15 is 0 Å². The van der Waals surface area contributed by atoms with Gasteiger partial charge in [-0.1, -0.05) is 24.2 Å². The monoisotopic (exact) mass is 213 g/mol. The SMILES string of the molecule is [2H]c1cc(C2CC2(F)F)ccc1CC(=O)O. The molecule has 0 amide bonds. The van der Waals surface area contributed by atoms with Crippen LogP contribution in [0.15, 0.2) is 24.2 Å². The number of carboxylic acid groups (broad SMARTS) is 1. The maximum Gasteiger partial charge on any atom is 0.307 e. The Morgan fingerprint density at radius 2 is 2.27 bits per heavy atom. The molecule has 1 atom stereocenters. The summed E-state index contributed by atoms with van der Waals surface area (Å²) in [5, 5.41) is 8.56. The Labute approximate surface area is 86.9 Å². The van der Waals surface area contributed by atoms with Crippen molar-refractivity contribution in [3.05, 3.63) is 35.4 Å². The Kier molecular flexibility index (Phi) is 1.94. The lowest BCUT2D eigenvalue weighted by molar-refractivity contribution is -0.136. The van der Waals surface area contributed by atoms with E-state index in [0.717, 1.165) is 0 Å². The van der Waals surface area contributed by atoms with E-state index in [4.69, 9.17) is 6.48 Å². The van der Waals surface area contributed by atoms with Crippen LogP contribution in [0.5, 0.6) is 0 Å². The summed E-state index contributed by atoms with van der Waals surface area (Å²) < 4.78 is 33.1. The second kappa shape index (κ2) is 3.29. The number of alkyl halides is 2. The van der Waals surface area contributed by atoms with Crippen molar-refractivity contribution in [2.75, 3.05) is 0 Å². The van der Waals surface area contributed by atoms with Gasteiger partial charge in [-0.3, -0.25) is 4.79 Å². The zero-order valence-electron chi connectivity index (χ0n) is 8.84. The highest BCUT2D eigenvalue weighted by atomic mass is 19.3. The van der Waals surface area contributed by atoms with Crippen LogP contribution in [-0.4, -0.2) is 17.0 Å². The van der Waals surface area contributed by atoms with Crippen LogP contribution in [0.1, 0.15) is 24.8 Å². The first kappa shape index (κ1) is 8.83. The fourth-order valence-corrected chi connectivity index (χ4v) is 1.53. The van der Waals surface area contributed by atoms with Crippen LogP contribution in [-0.2, 0) is 11.2 Å². The molecule has 1 aromatic rings. The van der Waals surface area contributed by atoms with Gasteiger partial charge in [-0.2, -0.15) is 0 Å². The largest absolute Gasteiger partial charge is 0.481 e. The van der Waals surface area contributed by atoms with Crippen LogP contribution in [0.2, 0.25) is 0 Å². The molecule has 0 saturated heterocycles. The first-order valence-corrected chi connectivity index (χ1v) is 4.59. The van der Waals surface area contributed by atoms with Crippen molar-refractivity contribution >= 4 is 5.97 Å². The third-order valence-corrected chi connectivity index (χ3v) is 2.47. The van der Waals surface area contributed by atoms with Gasteiger partial charge in [-0.15, -0.1) is 0 Å². The summed E-state index contributed by atoms with van der Waals surface area (Å²) in [6, 6.07) is 4.29. The molecule has 0 aromatic heterocycles. The van der Waals surface area contributed by atoms with E-state index in [2.05, 4.69) is 0 Å². The van der Waals surface area contributed by atoms with Crippen LogP contribution in [0, 0.1) is 0 Å². The summed E-state index contributed by atoms with van der Waals surface area (Å²) in [6.07, 6.45) is -0.426. The Balaban J connectivity index is 2.20. The van der Waals surface area contributed by atoms with E-state index in [9.17, 15) is 13.6 Å². The lowest BCUT2D eigenvalue weighted by atomic mass is 10.1. The number of aliphatic carboxylic acids is 1. The maximum atomic E-state index is 12.8. The number of carbonyl (C=O) groups is 1. The minimum Gasteiger partial charge on any atom is -0.481 e. The molecule has 15 heavy (non-hydrogen) atoms. The summed E-state index contributed by atoms with van der Waals surface area (Å²) in [4.78, 5) is 10.5. The van der Waals surface area contributed by atoms with E-state index in [-0.39, 0.29) is 18.9 Å². The van der Waals surface area contributed by atoms with Gasteiger partial charge in [-0.25, -0.2) is 8.78 Å². The van der Waals surface area contributed by atoms with Crippen LogP contribution < -0.4 is 0 Å². The highest BCUT2D eigenvalue weighted by molar-refractivity contribution is 5.70. The smallest absolute Gasteiger partial charge is 0.307 e. The molecular weight excluding hydrogens is 202 g/mol. The van der Waals surface area contributed by atoms with E-state index in [0.29, 0.717) is 11.1 Å². The van der Waals surface area contributed by atoms with E-state index < -0.39 is 17.8 Å². The van der Waals surface area contributed by atoms with E-state index in [1.807, 2.05) is 0 Å². The van der Waals surface area contributed by atoms with Crippen molar-refractivity contribution < 1.29 is 20.1 Å². The molecule has 1 fully saturated rings. The van der Waals surface area contributed by atoms with Crippen LogP contribution in [0.4, 0.5) is 8.78 Å². The second-order valence-corrected chi connectivity index (χ2v) is 3.74. The third-order valence-electron chi connectivity index (χ3n) is 2.47. The van der Waals surface area contributed by atoms with Crippen LogP contribution in [0.25, 0.3) is 0 Å². The van der Waals surface area contributed by atoms with Gasteiger partial charge in [0.1, 0.15) is 0 Å². The van der Waals surface area contributed by atoms with Crippen molar-refractivity contribution in [1.29, 1.82) is 0 Å². The highest BCUT2D eigenvalue weighted by Crippen LogP contribution is 2.55. The molecule has 0 spiro atoms. The van der Waals surface area contributed by atoms with Gasteiger partial charge >= 0.3 is 5.97 Å². The Morgan fingerprint density at radius 1 is 1.60 bits per heavy atom. The number of halogens is 2. The summed E-state index contributed by atoms with van der Waals surface area (Å²) in [6.45, 7) is 0. The van der Waals surface area contributed by atoms with Crippen molar-refractivity contribution in [2.45, 2.75) is 24.7 Å². The van der Waals surface area contributed by atoms with Crippen LogP contribution in [0.3, 0.4) is 0 Å². The maximum absolute atomic E-state index is 12.8. The van der Waals surface area contributed by atoms with Crippen molar-refractivity contribution in [3.8, 4) is 0 Å². The molecule has 1 aromatic carbocycles. The molecule has 2 rings (SSSR count). The molecule has 4 heteroatoms. The Hall–Kier alpha value is -1.45. The molecule has 1 aliphatic carbocycles. The normalized spacial score (nSPS) is 23.3. The standard InChI is InChI=1S/C11H10F2O2/c12-11(13)6-9(11)8-3-1-7(2-4-8)5-10(14)15/h1-4,9H,5-6H2,(H,14,15)/i1D. The number of benzene rings is 1. The van der Waals surface area contributed by atoms with Gasteiger partial charge in [0.2, 0.25) is 0 Å². The molecular formula is C11H10F2O2. The number of rotatable bonds is 3. The van der Waals surface area contributed by atoms with Gasteiger partial charge in [0, 0.05) is 6.42 Å². The van der Waals surface area contributed by atoms with Gasteiger partial charge in [0.05, 0.1) is 13.7 Å². The summed E-state index contributed by atoms with van der Waals surface area (Å²) in [5.74, 6) is -4.48. The molecule has 0 heterocycles. The third kappa shape index (κ3) is 2.14. The first-order valence-electron chi connectivity index (χ1n) is 5.09. The zero-order valence-corrected chi connectivity index (χ0v) is 7.84. The molecule has 1 unspecified atom stereocenters. The van der Waals surface area contributed by atoms with Crippen molar-refractivity contribution in [1.82, 2.24) is 0 Å². The molecule has 1 N–H and O–H groups in total.